The molecule has 0 amide bonds. The van der Waals surface area contributed by atoms with Crippen LogP contribution >= 0.6 is 15.2 Å². The first-order chi connectivity index (χ1) is 49.8. The van der Waals surface area contributed by atoms with Crippen LogP contribution in [0.3, 0.4) is 0 Å². The molecule has 0 fully saturated rings. The van der Waals surface area contributed by atoms with Crippen molar-refractivity contribution in [2.45, 2.75) is 109 Å². The van der Waals surface area contributed by atoms with E-state index in [2.05, 4.69) is 85.0 Å². The van der Waals surface area contributed by atoms with E-state index in [0.29, 0.717) is 34.6 Å². The molecule has 0 spiro atoms. The van der Waals surface area contributed by atoms with Gasteiger partial charge in [0.1, 0.15) is 17.1 Å². The van der Waals surface area contributed by atoms with Crippen molar-refractivity contribution >= 4 is 84.7 Å². The number of carboxylic acids is 6. The van der Waals surface area contributed by atoms with Crippen LogP contribution in [0.5, 0.6) is 0 Å². The van der Waals surface area contributed by atoms with E-state index in [-0.39, 0.29) is 50.8 Å². The molecule has 0 radical (unpaired) electrons. The van der Waals surface area contributed by atoms with Crippen LogP contribution in [-0.4, -0.2) is 180 Å². The molecule has 34 nitrogen and oxygen atoms in total. The molecule has 0 atom stereocenters. The molecule has 107 heavy (non-hydrogen) atoms. The summed E-state index contributed by atoms with van der Waals surface area (Å²) in [6, 6.07) is 37.3. The number of rotatable bonds is 16. The van der Waals surface area contributed by atoms with Gasteiger partial charge in [-0.1, -0.05) is 108 Å². The smallest absolute Gasteiger partial charge is 0.376 e. The van der Waals surface area contributed by atoms with Crippen molar-refractivity contribution in [1.82, 2.24) is 64.5 Å². The number of aliphatic carboxylic acids is 2. The third-order valence-corrected chi connectivity index (χ3v) is 14.5. The Morgan fingerprint density at radius 2 is 1.08 bits per heavy atom. The summed E-state index contributed by atoms with van der Waals surface area (Å²) in [6.07, 6.45) is 12.1. The van der Waals surface area contributed by atoms with Crippen molar-refractivity contribution in [2.24, 2.45) is 39.9 Å². The quantitative estimate of drug-likeness (QED) is 0.0316. The second-order valence-electron chi connectivity index (χ2n) is 25.2. The maximum absolute atomic E-state index is 11.0. The van der Waals surface area contributed by atoms with Crippen LogP contribution in [0.15, 0.2) is 186 Å². The Balaban J connectivity index is 0.000000413. The summed E-state index contributed by atoms with van der Waals surface area (Å²) in [5.41, 5.74) is 6.90. The zero-order valence-electron chi connectivity index (χ0n) is 61.8. The van der Waals surface area contributed by atoms with Crippen LogP contribution in [0, 0.1) is 31.6 Å². The van der Waals surface area contributed by atoms with Gasteiger partial charge < -0.3 is 50.2 Å². The molecule has 0 saturated carbocycles. The lowest BCUT2D eigenvalue weighted by atomic mass is 9.89. The largest absolute Gasteiger partial charge is 0.478 e. The lowest BCUT2D eigenvalue weighted by molar-refractivity contribution is -0.130. The van der Waals surface area contributed by atoms with Crippen molar-refractivity contribution < 1.29 is 88.1 Å². The van der Waals surface area contributed by atoms with Gasteiger partial charge in [-0.05, 0) is 126 Å². The van der Waals surface area contributed by atoms with Gasteiger partial charge >= 0.3 is 51.0 Å². The molecular formula is C71H92N16O18P2. The molecule has 7 aromatic heterocycles. The zero-order valence-corrected chi connectivity index (χ0v) is 63.5. The number of H-pyrrole nitrogens is 2. The molecule has 10 rings (SSSR count). The first-order valence-electron chi connectivity index (χ1n) is 32.1. The van der Waals surface area contributed by atoms with Crippen LogP contribution in [0.25, 0.3) is 0 Å². The van der Waals surface area contributed by atoms with Crippen LogP contribution in [0.4, 0.5) is 5.69 Å². The highest BCUT2D eigenvalue weighted by Gasteiger charge is 2.26. The van der Waals surface area contributed by atoms with Gasteiger partial charge in [0, 0.05) is 97.5 Å². The molecule has 0 bridgehead atoms. The van der Waals surface area contributed by atoms with Gasteiger partial charge in [0.2, 0.25) is 0 Å². The van der Waals surface area contributed by atoms with Gasteiger partial charge in [-0.3, -0.25) is 48.0 Å². The number of hydrogen-bond acceptors (Lipinski definition) is 18. The molecule has 0 saturated heterocycles. The molecule has 0 unspecified atom stereocenters. The van der Waals surface area contributed by atoms with Crippen LogP contribution in [0.1, 0.15) is 145 Å². The number of aromatic amines is 2. The predicted octanol–water partition coefficient (Wildman–Crippen LogP) is 9.61. The number of nitrogens with zero attached hydrogens (tertiary/aromatic N) is 14. The van der Waals surface area contributed by atoms with Crippen molar-refractivity contribution in [3.63, 3.8) is 0 Å². The highest BCUT2D eigenvalue weighted by atomic mass is 31.2. The summed E-state index contributed by atoms with van der Waals surface area (Å²) in [5.74, 6) is -5.77. The van der Waals surface area contributed by atoms with E-state index >= 15 is 0 Å². The van der Waals surface area contributed by atoms with Crippen LogP contribution in [0.2, 0.25) is 0 Å². The second-order valence-corrected chi connectivity index (χ2v) is 28.3. The summed E-state index contributed by atoms with van der Waals surface area (Å²) < 4.78 is 27.7. The number of aryl methyl sites for hydroxylation is 5. The van der Waals surface area contributed by atoms with Crippen molar-refractivity contribution in [2.75, 3.05) is 6.54 Å². The average Bonchev–Trinajstić information content (AvgIpc) is 1.70. The van der Waals surface area contributed by atoms with Crippen molar-refractivity contribution in [3.05, 3.63) is 227 Å². The summed E-state index contributed by atoms with van der Waals surface area (Å²) in [7, 11) is -5.02. The van der Waals surface area contributed by atoms with E-state index < -0.39 is 56.4 Å². The first kappa shape index (κ1) is 91.3. The number of pyridine rings is 1. The number of carbonyl (C=O) groups is 6. The maximum Gasteiger partial charge on any atom is 0.376 e. The standard InChI is InChI=1S/C14H14N4.C12H15NO2.C11H21NO2.C9H9NO2.C6H8NO3P.3C5H6N2O2.C4H7N2O3P/c1-4-13(11-17-8-2-6-15-17)10-14(5-1)12-18-9-3-7-16-18;1-8(2)13-9(3)10-6-4-5-7-11(10)12(14)15;1-10(2,3)7-12-8(9(13)14)11(4,5)6;1-7(9(11)12)10-8-5-3-2-4-6-8;1-5-3-2-4-6(7-5)11(8,9)10;1-7-3-2-4(6-7)5(8)9;1-3-2-6-7-4(3)5(8)9;1-3-2-4(5(8)9)7-6-3;1-6-3-2-4(5-6)10(7,8)9/h1-10H,11-12H2;4-8H,1-3H3,(H,14,15);7H2,1-6H3,(H,13,14);2-6H,1H3,(H,11,12);2-4H,1H3,(H2,8,9,10);2-3H,1H3,(H,8,9);2*2H,1H3,(H,6,7)(H,8,9);2-3H,1H3,(H2,7,8,9). The number of para-hydroxylation sites is 1. The van der Waals surface area contributed by atoms with Gasteiger partial charge in [0.25, 0.3) is 0 Å². The topological polar surface area (TPSA) is 517 Å². The Hall–Kier alpha value is -11.8. The number of nitrogens with one attached hydrogen (secondary N) is 2. The van der Waals surface area contributed by atoms with E-state index in [1.165, 1.54) is 64.1 Å². The molecule has 0 aliphatic carbocycles. The summed E-state index contributed by atoms with van der Waals surface area (Å²) in [5, 5.41) is 79.0. The molecule has 3 aromatic carbocycles. The monoisotopic (exact) mass is 1520 g/mol. The molecule has 0 aliphatic rings. The fraction of sp³-hybridized carbons (Fsp3) is 0.296. The van der Waals surface area contributed by atoms with E-state index in [1.807, 2.05) is 120 Å². The van der Waals surface area contributed by atoms with Crippen molar-refractivity contribution in [3.8, 4) is 0 Å². The summed E-state index contributed by atoms with van der Waals surface area (Å²) in [6.45, 7) is 26.2. The molecule has 7 heterocycles. The van der Waals surface area contributed by atoms with Gasteiger partial charge in [-0.2, -0.15) is 30.6 Å². The molecular weight excluding hydrogens is 1430 g/mol. The minimum atomic E-state index is -4.16. The van der Waals surface area contributed by atoms with Gasteiger partial charge in [0.15, 0.2) is 22.3 Å². The number of aromatic nitrogens is 13. The minimum Gasteiger partial charge on any atom is -0.478 e. The Kier molecular flexibility index (Phi) is 37.6. The normalized spacial score (nSPS) is 11.3. The third-order valence-electron chi connectivity index (χ3n) is 12.9. The first-order valence-corrected chi connectivity index (χ1v) is 35.3. The van der Waals surface area contributed by atoms with Gasteiger partial charge in [-0.25, -0.2) is 38.7 Å². The average molecular weight is 1520 g/mol. The third kappa shape index (κ3) is 37.5. The SMILES string of the molecule is CC(=NC(C)C)c1ccccc1C(=O)O.CC(=Nc1ccccc1)C(=O)O.CC(C)(C)CN=C(C(=O)O)C(C)(C)C.Cc1cc(C(=O)O)n[nH]1.Cc1cccc(P(=O)(O)O)n1.Cc1cn[nH]c1C(=O)O.Cn1ccc(C(=O)O)n1.Cn1ccc(P(=O)(O)O)n1.c1cc(Cn2cccn2)cc(Cn2cccn2)c1. The van der Waals surface area contributed by atoms with E-state index in [4.69, 9.17) is 50.2 Å². The second kappa shape index (κ2) is 44.1. The van der Waals surface area contributed by atoms with Crippen LogP contribution < -0.4 is 10.9 Å². The highest BCUT2D eigenvalue weighted by molar-refractivity contribution is 7.60. The van der Waals surface area contributed by atoms with Gasteiger partial charge in [0.05, 0.1) is 30.5 Å². The number of aliphatic imine (C=N–C) groups is 3. The number of carboxylic acid groups (broad SMARTS) is 6. The predicted molar refractivity (Wildman–Crippen MR) is 402 cm³/mol. The van der Waals surface area contributed by atoms with Gasteiger partial charge in [-0.15, -0.1) is 0 Å². The molecule has 12 N–H and O–H groups in total. The Morgan fingerprint density at radius 3 is 1.42 bits per heavy atom. The number of hydrogen-bond donors (Lipinski definition) is 12. The molecule has 10 aromatic rings. The fourth-order valence-corrected chi connectivity index (χ4v) is 9.07. The highest BCUT2D eigenvalue weighted by Crippen LogP contribution is 2.32. The summed E-state index contributed by atoms with van der Waals surface area (Å²) in [4.78, 5) is 113. The number of aromatic carboxylic acids is 4. The minimum absolute atomic E-state index is 0.0337. The Morgan fingerprint density at radius 1 is 0.561 bits per heavy atom. The maximum atomic E-state index is 11.0. The van der Waals surface area contributed by atoms with E-state index in [0.717, 1.165) is 24.5 Å². The molecule has 36 heteroatoms. The molecule has 574 valence electrons. The number of benzene rings is 3. The Labute approximate surface area is 617 Å². The Bertz CT molecular complexity index is 4530. The fourth-order valence-electron chi connectivity index (χ4n) is 7.98. The lowest BCUT2D eigenvalue weighted by Crippen LogP contribution is -2.30. The molecule has 0 aliphatic heterocycles. The van der Waals surface area contributed by atoms with E-state index in [1.54, 1.807) is 95.9 Å². The zero-order chi connectivity index (χ0) is 81.0. The van der Waals surface area contributed by atoms with E-state index in [9.17, 15) is 37.9 Å². The lowest BCUT2D eigenvalue weighted by Gasteiger charge is -2.21. The summed E-state index contributed by atoms with van der Waals surface area (Å²) >= 11 is 0. The van der Waals surface area contributed by atoms with Crippen LogP contribution in [-0.2, 0) is 45.9 Å². The van der Waals surface area contributed by atoms with Crippen molar-refractivity contribution in [1.29, 1.82) is 0 Å².